The molecule has 2 N–H and O–H groups in total. The van der Waals surface area contributed by atoms with Gasteiger partial charge in [0.2, 0.25) is 0 Å². The number of non-ortho nitro benzene ring substituents is 1. The average Bonchev–Trinajstić information content (AvgIpc) is 2.46. The maximum atomic E-state index is 11.2. The van der Waals surface area contributed by atoms with Crippen LogP contribution in [-0.2, 0) is 6.54 Å². The first kappa shape index (κ1) is 16.1. The molecule has 2 aromatic carbocycles. The van der Waals surface area contributed by atoms with Crippen molar-refractivity contribution >= 4 is 40.5 Å². The first-order chi connectivity index (χ1) is 10.4. The number of halogens is 2. The van der Waals surface area contributed by atoms with E-state index in [0.717, 1.165) is 11.6 Å². The zero-order chi connectivity index (χ0) is 16.3. The Labute approximate surface area is 135 Å². The monoisotopic (exact) mass is 340 g/mol. The Morgan fingerprint density at radius 2 is 1.95 bits per heavy atom. The molecule has 0 bridgehead atoms. The average molecular weight is 341 g/mol. The minimum Gasteiger partial charge on any atom is -0.478 e. The third-order valence-corrected chi connectivity index (χ3v) is 3.52. The van der Waals surface area contributed by atoms with Gasteiger partial charge in [0.05, 0.1) is 10.5 Å². The van der Waals surface area contributed by atoms with E-state index in [4.69, 9.17) is 28.3 Å². The molecule has 0 aliphatic heterocycles. The van der Waals surface area contributed by atoms with Crippen molar-refractivity contribution in [3.8, 4) is 0 Å². The summed E-state index contributed by atoms with van der Waals surface area (Å²) in [5.41, 5.74) is 0.525. The summed E-state index contributed by atoms with van der Waals surface area (Å²) < 4.78 is 0. The molecule has 0 aliphatic rings. The lowest BCUT2D eigenvalue weighted by Crippen LogP contribution is -2.07. The predicted octanol–water partition coefficient (Wildman–Crippen LogP) is 4.21. The Balaban J connectivity index is 2.25. The molecule has 0 fully saturated rings. The molecule has 2 rings (SSSR count). The summed E-state index contributed by atoms with van der Waals surface area (Å²) >= 11 is 11.8. The smallest absolute Gasteiger partial charge is 0.338 e. The lowest BCUT2D eigenvalue weighted by molar-refractivity contribution is -0.384. The third-order valence-electron chi connectivity index (χ3n) is 2.93. The minimum atomic E-state index is -1.26. The van der Waals surface area contributed by atoms with E-state index in [9.17, 15) is 14.9 Å². The molecular weight excluding hydrogens is 331 g/mol. The Bertz CT molecular complexity index is 750. The maximum Gasteiger partial charge on any atom is 0.338 e. The summed E-state index contributed by atoms with van der Waals surface area (Å²) in [7, 11) is 0. The number of benzene rings is 2. The lowest BCUT2D eigenvalue weighted by Gasteiger charge is -2.11. The maximum absolute atomic E-state index is 11.2. The van der Waals surface area contributed by atoms with Gasteiger partial charge in [-0.2, -0.15) is 0 Å². The number of aromatic carboxylic acids is 1. The van der Waals surface area contributed by atoms with Crippen molar-refractivity contribution in [1.29, 1.82) is 0 Å². The van der Waals surface area contributed by atoms with E-state index in [1.807, 2.05) is 0 Å². The fraction of sp³-hybridized carbons (Fsp3) is 0.0714. The summed E-state index contributed by atoms with van der Waals surface area (Å²) in [6.07, 6.45) is 0. The van der Waals surface area contributed by atoms with Gasteiger partial charge >= 0.3 is 5.97 Å². The van der Waals surface area contributed by atoms with Crippen molar-refractivity contribution in [1.82, 2.24) is 0 Å². The molecule has 0 unspecified atom stereocenters. The standard InChI is InChI=1S/C14H10Cl2N2O4/c15-9-2-1-8(12(16)5-9)7-17-13-4-3-10(18(21)22)6-11(13)14(19)20/h1-6,17H,7H2,(H,19,20). The lowest BCUT2D eigenvalue weighted by atomic mass is 10.1. The summed E-state index contributed by atoms with van der Waals surface area (Å²) in [5, 5.41) is 23.7. The fourth-order valence-electron chi connectivity index (χ4n) is 1.83. The summed E-state index contributed by atoms with van der Waals surface area (Å²) in [4.78, 5) is 21.3. The summed E-state index contributed by atoms with van der Waals surface area (Å²) in [5.74, 6) is -1.26. The number of nitro benzene ring substituents is 1. The molecule has 0 amide bonds. The van der Waals surface area contributed by atoms with Gasteiger partial charge in [-0.15, -0.1) is 0 Å². The number of nitro groups is 1. The van der Waals surface area contributed by atoms with Crippen molar-refractivity contribution in [2.45, 2.75) is 6.54 Å². The van der Waals surface area contributed by atoms with Crippen molar-refractivity contribution < 1.29 is 14.8 Å². The number of carboxylic acids is 1. The number of nitrogens with zero attached hydrogens (tertiary/aromatic N) is 1. The first-order valence-electron chi connectivity index (χ1n) is 6.08. The SMILES string of the molecule is O=C(O)c1cc([N+](=O)[O-])ccc1NCc1ccc(Cl)cc1Cl. The van der Waals surface area contributed by atoms with E-state index in [0.29, 0.717) is 10.0 Å². The highest BCUT2D eigenvalue weighted by atomic mass is 35.5. The van der Waals surface area contributed by atoms with Gasteiger partial charge in [-0.3, -0.25) is 10.1 Å². The van der Waals surface area contributed by atoms with Gasteiger partial charge in [0.15, 0.2) is 0 Å². The molecule has 0 aliphatic carbocycles. The number of nitrogens with one attached hydrogen (secondary N) is 1. The quantitative estimate of drug-likeness (QED) is 0.628. The van der Waals surface area contributed by atoms with E-state index < -0.39 is 10.9 Å². The number of carboxylic acid groups (broad SMARTS) is 1. The van der Waals surface area contributed by atoms with Crippen LogP contribution >= 0.6 is 23.2 Å². The zero-order valence-corrected chi connectivity index (χ0v) is 12.6. The molecule has 2 aromatic rings. The molecule has 0 heterocycles. The van der Waals surface area contributed by atoms with Crippen molar-refractivity contribution in [3.05, 3.63) is 67.7 Å². The molecule has 0 atom stereocenters. The topological polar surface area (TPSA) is 92.5 Å². The van der Waals surface area contributed by atoms with Crippen LogP contribution in [-0.4, -0.2) is 16.0 Å². The van der Waals surface area contributed by atoms with Gasteiger partial charge in [0, 0.05) is 34.4 Å². The largest absolute Gasteiger partial charge is 0.478 e. The number of hydrogen-bond donors (Lipinski definition) is 2. The van der Waals surface area contributed by atoms with E-state index in [1.54, 1.807) is 18.2 Å². The predicted molar refractivity (Wildman–Crippen MR) is 83.8 cm³/mol. The highest BCUT2D eigenvalue weighted by Crippen LogP contribution is 2.25. The first-order valence-corrected chi connectivity index (χ1v) is 6.83. The Kier molecular flexibility index (Phi) is 4.85. The molecule has 0 radical (unpaired) electrons. The Hall–Kier alpha value is -2.31. The Morgan fingerprint density at radius 1 is 1.23 bits per heavy atom. The van der Waals surface area contributed by atoms with Crippen LogP contribution in [0.2, 0.25) is 10.0 Å². The number of carbonyl (C=O) groups is 1. The summed E-state index contributed by atoms with van der Waals surface area (Å²) in [6, 6.07) is 8.55. The fourth-order valence-corrected chi connectivity index (χ4v) is 2.31. The van der Waals surface area contributed by atoms with Crippen LogP contribution in [0.3, 0.4) is 0 Å². The van der Waals surface area contributed by atoms with Crippen molar-refractivity contribution in [2.24, 2.45) is 0 Å². The molecule has 0 saturated carbocycles. The van der Waals surface area contributed by atoms with Crippen LogP contribution in [0.5, 0.6) is 0 Å². The highest BCUT2D eigenvalue weighted by molar-refractivity contribution is 6.35. The zero-order valence-electron chi connectivity index (χ0n) is 11.0. The van der Waals surface area contributed by atoms with Gasteiger partial charge in [0.1, 0.15) is 0 Å². The molecule has 6 nitrogen and oxygen atoms in total. The second kappa shape index (κ2) is 6.64. The second-order valence-corrected chi connectivity index (χ2v) is 5.23. The van der Waals surface area contributed by atoms with Crippen molar-refractivity contribution in [2.75, 3.05) is 5.32 Å². The van der Waals surface area contributed by atoms with E-state index in [-0.39, 0.29) is 23.5 Å². The summed E-state index contributed by atoms with van der Waals surface area (Å²) in [6.45, 7) is 0.258. The van der Waals surface area contributed by atoms with Crippen LogP contribution in [0.4, 0.5) is 11.4 Å². The minimum absolute atomic E-state index is 0.181. The van der Waals surface area contributed by atoms with Crippen LogP contribution in [0.1, 0.15) is 15.9 Å². The molecule has 22 heavy (non-hydrogen) atoms. The van der Waals surface area contributed by atoms with E-state index in [1.165, 1.54) is 12.1 Å². The second-order valence-electron chi connectivity index (χ2n) is 4.38. The van der Waals surface area contributed by atoms with Crippen LogP contribution in [0.25, 0.3) is 0 Å². The third kappa shape index (κ3) is 3.66. The van der Waals surface area contributed by atoms with Gasteiger partial charge in [-0.05, 0) is 23.8 Å². The molecular formula is C14H10Cl2N2O4. The molecule has 0 saturated heterocycles. The number of hydrogen-bond acceptors (Lipinski definition) is 4. The van der Waals surface area contributed by atoms with Crippen LogP contribution in [0.15, 0.2) is 36.4 Å². The van der Waals surface area contributed by atoms with Gasteiger partial charge < -0.3 is 10.4 Å². The highest BCUT2D eigenvalue weighted by Gasteiger charge is 2.16. The number of rotatable bonds is 5. The molecule has 8 heteroatoms. The van der Waals surface area contributed by atoms with Gasteiger partial charge in [-0.1, -0.05) is 29.3 Å². The van der Waals surface area contributed by atoms with Gasteiger partial charge in [0.25, 0.3) is 5.69 Å². The number of anilines is 1. The normalized spacial score (nSPS) is 10.3. The molecule has 0 spiro atoms. The molecule has 0 aromatic heterocycles. The van der Waals surface area contributed by atoms with E-state index >= 15 is 0 Å². The Morgan fingerprint density at radius 3 is 2.55 bits per heavy atom. The van der Waals surface area contributed by atoms with Gasteiger partial charge in [-0.25, -0.2) is 4.79 Å². The van der Waals surface area contributed by atoms with Crippen LogP contribution in [0, 0.1) is 10.1 Å². The van der Waals surface area contributed by atoms with Crippen molar-refractivity contribution in [3.63, 3.8) is 0 Å². The van der Waals surface area contributed by atoms with E-state index in [2.05, 4.69) is 5.32 Å². The van der Waals surface area contributed by atoms with Crippen LogP contribution < -0.4 is 5.32 Å². The molecule has 114 valence electrons.